The number of nitrogens with zero attached hydrogens (tertiary/aromatic N) is 2. The molecule has 1 N–H and O–H groups in total. The summed E-state index contributed by atoms with van der Waals surface area (Å²) in [7, 11) is 1.98. The van der Waals surface area contributed by atoms with Gasteiger partial charge in [-0.05, 0) is 24.8 Å². The lowest BCUT2D eigenvalue weighted by atomic mass is 9.93. The molecule has 0 bridgehead atoms. The summed E-state index contributed by atoms with van der Waals surface area (Å²) in [5.74, 6) is 0. The van der Waals surface area contributed by atoms with E-state index in [1.165, 1.54) is 23.4 Å². The fraction of sp³-hybridized carbons (Fsp3) is 0.438. The molecule has 0 radical (unpaired) electrons. The van der Waals surface area contributed by atoms with Gasteiger partial charge in [0.2, 0.25) is 0 Å². The van der Waals surface area contributed by atoms with Crippen LogP contribution in [0.1, 0.15) is 47.7 Å². The third kappa shape index (κ3) is 2.97. The van der Waals surface area contributed by atoms with Crippen molar-refractivity contribution in [1.82, 2.24) is 15.1 Å². The van der Waals surface area contributed by atoms with Crippen LogP contribution in [0.5, 0.6) is 0 Å². The zero-order valence-corrected chi connectivity index (χ0v) is 12.0. The van der Waals surface area contributed by atoms with E-state index < -0.39 is 6.43 Å². The first-order valence-electron chi connectivity index (χ1n) is 7.26. The normalized spacial score (nSPS) is 18.0. The van der Waals surface area contributed by atoms with Gasteiger partial charge in [-0.2, -0.15) is 5.10 Å². The molecule has 0 saturated heterocycles. The minimum absolute atomic E-state index is 0.0750. The van der Waals surface area contributed by atoms with E-state index in [4.69, 9.17) is 0 Å². The molecular weight excluding hydrogens is 272 g/mol. The molecule has 21 heavy (non-hydrogen) atoms. The van der Waals surface area contributed by atoms with Gasteiger partial charge in [0, 0.05) is 36.5 Å². The van der Waals surface area contributed by atoms with E-state index >= 15 is 0 Å². The molecule has 1 aliphatic rings. The summed E-state index contributed by atoms with van der Waals surface area (Å²) in [6.07, 6.45) is 2.85. The largest absolute Gasteiger partial charge is 0.306 e. The lowest BCUT2D eigenvalue weighted by Crippen LogP contribution is -2.24. The van der Waals surface area contributed by atoms with Crippen molar-refractivity contribution in [3.63, 3.8) is 0 Å². The highest BCUT2D eigenvalue weighted by Crippen LogP contribution is 2.29. The molecule has 3 nitrogen and oxygen atoms in total. The fourth-order valence-corrected chi connectivity index (χ4v) is 2.94. The van der Waals surface area contributed by atoms with E-state index in [-0.39, 0.29) is 5.56 Å². The fourth-order valence-electron chi connectivity index (χ4n) is 2.94. The Balaban J connectivity index is 1.65. The third-order valence-corrected chi connectivity index (χ3v) is 4.16. The number of halogens is 2. The Hall–Kier alpha value is -1.75. The van der Waals surface area contributed by atoms with Gasteiger partial charge in [0.05, 0.1) is 6.20 Å². The van der Waals surface area contributed by atoms with Crippen molar-refractivity contribution in [2.75, 3.05) is 0 Å². The summed E-state index contributed by atoms with van der Waals surface area (Å²) in [5.41, 5.74) is 3.67. The molecule has 112 valence electrons. The SMILES string of the molecule is Cn1ncc2c1CCCC2NCc1ccc(C(F)F)cc1. The van der Waals surface area contributed by atoms with Crippen LogP contribution < -0.4 is 5.32 Å². The van der Waals surface area contributed by atoms with Gasteiger partial charge in [0.15, 0.2) is 0 Å². The monoisotopic (exact) mass is 291 g/mol. The summed E-state index contributed by atoms with van der Waals surface area (Å²) < 4.78 is 27.0. The maximum atomic E-state index is 12.5. The smallest absolute Gasteiger partial charge is 0.263 e. The van der Waals surface area contributed by atoms with Crippen LogP contribution in [-0.2, 0) is 20.0 Å². The van der Waals surface area contributed by atoms with Crippen LogP contribution in [0.4, 0.5) is 8.78 Å². The van der Waals surface area contributed by atoms with Gasteiger partial charge in [0.25, 0.3) is 6.43 Å². The van der Waals surface area contributed by atoms with Crippen molar-refractivity contribution in [1.29, 1.82) is 0 Å². The number of nitrogens with one attached hydrogen (secondary N) is 1. The Labute approximate surface area is 123 Å². The number of alkyl halides is 2. The molecule has 1 aromatic heterocycles. The Morgan fingerprint density at radius 3 is 2.81 bits per heavy atom. The zero-order chi connectivity index (χ0) is 14.8. The van der Waals surface area contributed by atoms with Gasteiger partial charge in [-0.1, -0.05) is 24.3 Å². The van der Waals surface area contributed by atoms with E-state index in [0.717, 1.165) is 24.8 Å². The molecule has 1 aromatic carbocycles. The molecule has 1 heterocycles. The molecule has 1 aliphatic carbocycles. The van der Waals surface area contributed by atoms with E-state index in [0.29, 0.717) is 12.6 Å². The second-order valence-corrected chi connectivity index (χ2v) is 5.54. The Kier molecular flexibility index (Phi) is 4.01. The van der Waals surface area contributed by atoms with Crippen molar-refractivity contribution in [2.24, 2.45) is 7.05 Å². The standard InChI is InChI=1S/C16H19F2N3/c1-21-15-4-2-3-14(13(15)10-20-21)19-9-11-5-7-12(8-6-11)16(17)18/h5-8,10,14,16,19H,2-4,9H2,1H3. The summed E-state index contributed by atoms with van der Waals surface area (Å²) in [5, 5.41) is 7.84. The first kappa shape index (κ1) is 14.2. The minimum Gasteiger partial charge on any atom is -0.306 e. The molecular formula is C16H19F2N3. The molecule has 0 saturated carbocycles. The summed E-state index contributed by atoms with van der Waals surface area (Å²) in [4.78, 5) is 0. The van der Waals surface area contributed by atoms with Gasteiger partial charge in [-0.15, -0.1) is 0 Å². The number of fused-ring (bicyclic) bond motifs is 1. The highest BCUT2D eigenvalue weighted by atomic mass is 19.3. The van der Waals surface area contributed by atoms with Gasteiger partial charge in [0.1, 0.15) is 0 Å². The maximum absolute atomic E-state index is 12.5. The lowest BCUT2D eigenvalue weighted by molar-refractivity contribution is 0.151. The average molecular weight is 291 g/mol. The maximum Gasteiger partial charge on any atom is 0.263 e. The highest BCUT2D eigenvalue weighted by Gasteiger charge is 2.22. The molecule has 0 spiro atoms. The van der Waals surface area contributed by atoms with Gasteiger partial charge < -0.3 is 5.32 Å². The summed E-state index contributed by atoms with van der Waals surface area (Å²) in [6, 6.07) is 6.83. The molecule has 1 unspecified atom stereocenters. The molecule has 1 atom stereocenters. The Bertz CT molecular complexity index is 604. The molecule has 0 fully saturated rings. The van der Waals surface area contributed by atoms with Gasteiger partial charge in [-0.3, -0.25) is 4.68 Å². The zero-order valence-electron chi connectivity index (χ0n) is 12.0. The minimum atomic E-state index is -2.40. The first-order chi connectivity index (χ1) is 10.1. The van der Waals surface area contributed by atoms with Crippen molar-refractivity contribution >= 4 is 0 Å². The number of aromatic nitrogens is 2. The number of rotatable bonds is 4. The molecule has 5 heteroatoms. The van der Waals surface area contributed by atoms with Crippen molar-refractivity contribution < 1.29 is 8.78 Å². The van der Waals surface area contributed by atoms with Crippen molar-refractivity contribution in [3.05, 3.63) is 52.8 Å². The van der Waals surface area contributed by atoms with E-state index in [1.54, 1.807) is 12.1 Å². The van der Waals surface area contributed by atoms with E-state index in [9.17, 15) is 8.78 Å². The Morgan fingerprint density at radius 2 is 2.10 bits per heavy atom. The predicted octanol–water partition coefficient (Wildman–Crippen LogP) is 3.52. The van der Waals surface area contributed by atoms with Crippen LogP contribution in [0.3, 0.4) is 0 Å². The van der Waals surface area contributed by atoms with Gasteiger partial charge in [-0.25, -0.2) is 8.78 Å². The third-order valence-electron chi connectivity index (χ3n) is 4.16. The molecule has 0 aliphatic heterocycles. The first-order valence-corrected chi connectivity index (χ1v) is 7.26. The predicted molar refractivity (Wildman–Crippen MR) is 77.1 cm³/mol. The average Bonchev–Trinajstić information content (AvgIpc) is 2.88. The second kappa shape index (κ2) is 5.93. The second-order valence-electron chi connectivity index (χ2n) is 5.54. The number of hydrogen-bond acceptors (Lipinski definition) is 2. The van der Waals surface area contributed by atoms with Crippen LogP contribution >= 0.6 is 0 Å². The topological polar surface area (TPSA) is 29.9 Å². The van der Waals surface area contributed by atoms with Gasteiger partial charge >= 0.3 is 0 Å². The Morgan fingerprint density at radius 1 is 1.33 bits per heavy atom. The van der Waals surface area contributed by atoms with E-state index in [1.807, 2.05) is 17.9 Å². The quantitative estimate of drug-likeness (QED) is 0.934. The van der Waals surface area contributed by atoms with Crippen molar-refractivity contribution in [2.45, 2.75) is 38.3 Å². The molecule has 0 amide bonds. The highest BCUT2D eigenvalue weighted by molar-refractivity contribution is 5.26. The number of hydrogen-bond donors (Lipinski definition) is 1. The summed E-state index contributed by atoms with van der Waals surface area (Å²) in [6.45, 7) is 0.683. The molecule has 2 aromatic rings. The summed E-state index contributed by atoms with van der Waals surface area (Å²) >= 11 is 0. The van der Waals surface area contributed by atoms with Crippen LogP contribution in [0, 0.1) is 0 Å². The number of aryl methyl sites for hydroxylation is 1. The van der Waals surface area contributed by atoms with Crippen LogP contribution in [0.25, 0.3) is 0 Å². The van der Waals surface area contributed by atoms with Crippen LogP contribution in [0.15, 0.2) is 30.5 Å². The van der Waals surface area contributed by atoms with E-state index in [2.05, 4.69) is 10.4 Å². The van der Waals surface area contributed by atoms with Crippen LogP contribution in [-0.4, -0.2) is 9.78 Å². The number of benzene rings is 1. The molecule has 3 rings (SSSR count). The van der Waals surface area contributed by atoms with Crippen molar-refractivity contribution in [3.8, 4) is 0 Å². The lowest BCUT2D eigenvalue weighted by Gasteiger charge is -2.24. The van der Waals surface area contributed by atoms with Crippen LogP contribution in [0.2, 0.25) is 0 Å².